The van der Waals surface area contributed by atoms with E-state index in [0.29, 0.717) is 12.1 Å². The Hall–Kier alpha value is -2.71. The molecule has 1 aromatic heterocycles. The number of halogens is 2. The molecule has 2 heterocycles. The Morgan fingerprint density at radius 1 is 1.00 bits per heavy atom. The highest BCUT2D eigenvalue weighted by atomic mass is 79.9. The van der Waals surface area contributed by atoms with Gasteiger partial charge in [-0.05, 0) is 48.5 Å². The maximum absolute atomic E-state index is 13.1. The molecule has 1 N–H and O–H groups in total. The van der Waals surface area contributed by atoms with Gasteiger partial charge in [0.15, 0.2) is 0 Å². The van der Waals surface area contributed by atoms with Crippen LogP contribution in [0.5, 0.6) is 0 Å². The number of amides is 1. The maximum Gasteiger partial charge on any atom is 0.254 e. The summed E-state index contributed by atoms with van der Waals surface area (Å²) in [5, 5.41) is 7.25. The fourth-order valence-electron chi connectivity index (χ4n) is 3.49. The van der Waals surface area contributed by atoms with E-state index in [4.69, 9.17) is 0 Å². The predicted molar refractivity (Wildman–Crippen MR) is 119 cm³/mol. The highest BCUT2D eigenvalue weighted by Gasteiger charge is 2.17. The van der Waals surface area contributed by atoms with E-state index in [1.807, 2.05) is 36.4 Å². The molecule has 0 atom stereocenters. The molecule has 1 saturated heterocycles. The average molecular weight is 472 g/mol. The summed E-state index contributed by atoms with van der Waals surface area (Å²) in [6.45, 7) is 4.98. The molecule has 6 nitrogen and oxygen atoms in total. The predicted octanol–water partition coefficient (Wildman–Crippen LogP) is 3.33. The molecule has 2 aromatic carbocycles. The van der Waals surface area contributed by atoms with E-state index in [0.717, 1.165) is 48.6 Å². The molecule has 30 heavy (non-hydrogen) atoms. The minimum atomic E-state index is -0.212. The van der Waals surface area contributed by atoms with E-state index < -0.39 is 0 Å². The quantitative estimate of drug-likeness (QED) is 0.598. The molecular weight excluding hydrogens is 449 g/mol. The highest BCUT2D eigenvalue weighted by Crippen LogP contribution is 2.17. The highest BCUT2D eigenvalue weighted by molar-refractivity contribution is 9.10. The second-order valence-electron chi connectivity index (χ2n) is 7.21. The molecule has 0 spiro atoms. The molecule has 4 rings (SSSR count). The summed E-state index contributed by atoms with van der Waals surface area (Å²) in [6.07, 6.45) is 3.32. The lowest BCUT2D eigenvalue weighted by molar-refractivity contribution is 0.0948. The molecule has 1 aliphatic heterocycles. The lowest BCUT2D eigenvalue weighted by Crippen LogP contribution is -2.48. The van der Waals surface area contributed by atoms with Crippen LogP contribution in [0.1, 0.15) is 10.4 Å². The van der Waals surface area contributed by atoms with Gasteiger partial charge in [0.05, 0.1) is 17.4 Å². The Kier molecular flexibility index (Phi) is 6.44. The van der Waals surface area contributed by atoms with Crippen molar-refractivity contribution in [3.05, 3.63) is 76.8 Å². The minimum absolute atomic E-state index is 0.122. The zero-order valence-electron chi connectivity index (χ0n) is 16.5. The number of hydrogen-bond acceptors (Lipinski definition) is 4. The third-order valence-corrected chi connectivity index (χ3v) is 5.74. The van der Waals surface area contributed by atoms with Crippen molar-refractivity contribution < 1.29 is 9.18 Å². The summed E-state index contributed by atoms with van der Waals surface area (Å²) in [6, 6.07) is 14.4. The van der Waals surface area contributed by atoms with Gasteiger partial charge < -0.3 is 10.2 Å². The number of rotatable bonds is 6. The van der Waals surface area contributed by atoms with Crippen molar-refractivity contribution in [2.24, 2.45) is 0 Å². The molecule has 0 radical (unpaired) electrons. The van der Waals surface area contributed by atoms with Gasteiger partial charge in [0, 0.05) is 55.6 Å². The Balaban J connectivity index is 1.22. The van der Waals surface area contributed by atoms with Crippen LogP contribution in [0.15, 0.2) is 65.4 Å². The standard InChI is InChI=1S/C22H23BrFN5O/c23-18-1-5-21(6-2-18)29-16-17(15-26-29)22(30)25-9-10-27-11-13-28(14-12-27)20-7-3-19(24)4-8-20/h1-8,15-16H,9-14H2,(H,25,30). The Morgan fingerprint density at radius 3 is 2.37 bits per heavy atom. The zero-order valence-corrected chi connectivity index (χ0v) is 18.1. The van der Waals surface area contributed by atoms with Crippen LogP contribution >= 0.6 is 15.9 Å². The number of carbonyl (C=O) groups excluding carboxylic acids is 1. The van der Waals surface area contributed by atoms with Crippen LogP contribution in [-0.4, -0.2) is 59.9 Å². The lowest BCUT2D eigenvalue weighted by atomic mass is 10.2. The topological polar surface area (TPSA) is 53.4 Å². The van der Waals surface area contributed by atoms with Crippen molar-refractivity contribution in [1.82, 2.24) is 20.0 Å². The van der Waals surface area contributed by atoms with Gasteiger partial charge in [-0.1, -0.05) is 15.9 Å². The number of anilines is 1. The SMILES string of the molecule is O=C(NCCN1CCN(c2ccc(F)cc2)CC1)c1cnn(-c2ccc(Br)cc2)c1. The molecule has 1 fully saturated rings. The number of aromatic nitrogens is 2. The number of piperazine rings is 1. The van der Waals surface area contributed by atoms with Crippen molar-refractivity contribution in [3.8, 4) is 5.69 Å². The van der Waals surface area contributed by atoms with E-state index in [1.54, 1.807) is 17.1 Å². The second kappa shape index (κ2) is 9.40. The maximum atomic E-state index is 13.1. The summed E-state index contributed by atoms with van der Waals surface area (Å²) >= 11 is 3.41. The molecule has 0 unspecified atom stereocenters. The number of nitrogens with zero attached hydrogens (tertiary/aromatic N) is 4. The lowest BCUT2D eigenvalue weighted by Gasteiger charge is -2.36. The zero-order chi connectivity index (χ0) is 20.9. The first-order chi connectivity index (χ1) is 14.6. The first-order valence-electron chi connectivity index (χ1n) is 9.90. The number of benzene rings is 2. The summed E-state index contributed by atoms with van der Waals surface area (Å²) in [5.41, 5.74) is 2.49. The van der Waals surface area contributed by atoms with Crippen LogP contribution in [0, 0.1) is 5.82 Å². The van der Waals surface area contributed by atoms with Gasteiger partial charge in [0.1, 0.15) is 5.82 Å². The van der Waals surface area contributed by atoms with E-state index >= 15 is 0 Å². The van der Waals surface area contributed by atoms with Gasteiger partial charge in [-0.2, -0.15) is 5.10 Å². The van der Waals surface area contributed by atoms with Gasteiger partial charge in [0.25, 0.3) is 5.91 Å². The molecule has 156 valence electrons. The Bertz CT molecular complexity index is 982. The van der Waals surface area contributed by atoms with E-state index in [-0.39, 0.29) is 11.7 Å². The summed E-state index contributed by atoms with van der Waals surface area (Å²) in [7, 11) is 0. The number of hydrogen-bond donors (Lipinski definition) is 1. The van der Waals surface area contributed by atoms with E-state index in [9.17, 15) is 9.18 Å². The summed E-state index contributed by atoms with van der Waals surface area (Å²) in [4.78, 5) is 17.0. The van der Waals surface area contributed by atoms with Gasteiger partial charge in [0.2, 0.25) is 0 Å². The van der Waals surface area contributed by atoms with Crippen molar-refractivity contribution in [2.75, 3.05) is 44.2 Å². The van der Waals surface area contributed by atoms with Crippen molar-refractivity contribution >= 4 is 27.5 Å². The second-order valence-corrected chi connectivity index (χ2v) is 8.13. The largest absolute Gasteiger partial charge is 0.369 e. The molecule has 3 aromatic rings. The third-order valence-electron chi connectivity index (χ3n) is 5.21. The summed E-state index contributed by atoms with van der Waals surface area (Å²) < 4.78 is 15.8. The van der Waals surface area contributed by atoms with E-state index in [2.05, 4.69) is 36.1 Å². The Labute approximate surface area is 183 Å². The number of carbonyl (C=O) groups is 1. The molecular formula is C22H23BrFN5O. The van der Waals surface area contributed by atoms with Crippen LogP contribution in [0.2, 0.25) is 0 Å². The molecule has 0 saturated carbocycles. The third kappa shape index (κ3) is 5.06. The monoisotopic (exact) mass is 471 g/mol. The minimum Gasteiger partial charge on any atom is -0.369 e. The van der Waals surface area contributed by atoms with E-state index in [1.165, 1.54) is 12.1 Å². The molecule has 0 aliphatic carbocycles. The van der Waals surface area contributed by atoms with Crippen molar-refractivity contribution in [1.29, 1.82) is 0 Å². The molecule has 1 amide bonds. The van der Waals surface area contributed by atoms with Gasteiger partial charge in [-0.15, -0.1) is 0 Å². The Morgan fingerprint density at radius 2 is 1.67 bits per heavy atom. The molecule has 1 aliphatic rings. The molecule has 8 heteroatoms. The summed E-state index contributed by atoms with van der Waals surface area (Å²) in [5.74, 6) is -0.334. The van der Waals surface area contributed by atoms with Gasteiger partial charge >= 0.3 is 0 Å². The molecule has 0 bridgehead atoms. The van der Waals surface area contributed by atoms with Crippen molar-refractivity contribution in [2.45, 2.75) is 0 Å². The van der Waals surface area contributed by atoms with Gasteiger partial charge in [-0.25, -0.2) is 9.07 Å². The first kappa shape index (κ1) is 20.6. The normalized spacial score (nSPS) is 14.7. The van der Waals surface area contributed by atoms with Crippen LogP contribution in [0.25, 0.3) is 5.69 Å². The first-order valence-corrected chi connectivity index (χ1v) is 10.7. The van der Waals surface area contributed by atoms with Gasteiger partial charge in [-0.3, -0.25) is 9.69 Å². The van der Waals surface area contributed by atoms with Crippen molar-refractivity contribution in [3.63, 3.8) is 0 Å². The fraction of sp³-hybridized carbons (Fsp3) is 0.273. The fourth-order valence-corrected chi connectivity index (χ4v) is 3.75. The average Bonchev–Trinajstić information content (AvgIpc) is 3.26. The van der Waals surface area contributed by atoms with Crippen LogP contribution in [0.3, 0.4) is 0 Å². The smallest absolute Gasteiger partial charge is 0.254 e. The number of nitrogens with one attached hydrogen (secondary N) is 1. The van der Waals surface area contributed by atoms with Crippen LogP contribution in [-0.2, 0) is 0 Å². The van der Waals surface area contributed by atoms with Crippen LogP contribution in [0.4, 0.5) is 10.1 Å². The van der Waals surface area contributed by atoms with Crippen LogP contribution < -0.4 is 10.2 Å².